The lowest BCUT2D eigenvalue weighted by Crippen LogP contribution is -2.04. The molecule has 0 fully saturated rings. The minimum Gasteiger partial charge on any atom is -0.491 e. The fraction of sp³-hybridized carbons (Fsp3) is 0.353. The van der Waals surface area contributed by atoms with Crippen molar-refractivity contribution in [1.29, 1.82) is 0 Å². The molecule has 6 heteroatoms. The summed E-state index contributed by atoms with van der Waals surface area (Å²) < 4.78 is 25.3. The SMILES string of the molecule is CCCCCCCCCCCCOc1ccc(C#CC(=O)Oc2ccc(-c3ccc(C(=O)O)cc3)cc2)cc1F. The van der Waals surface area contributed by atoms with Crippen molar-refractivity contribution in [2.75, 3.05) is 6.61 Å². The molecule has 0 saturated carbocycles. The van der Waals surface area contributed by atoms with Crippen LogP contribution >= 0.6 is 0 Å². The summed E-state index contributed by atoms with van der Waals surface area (Å²) in [7, 11) is 0. The fourth-order valence-electron chi connectivity index (χ4n) is 4.24. The van der Waals surface area contributed by atoms with Crippen LogP contribution in [0.3, 0.4) is 0 Å². The maximum atomic E-state index is 14.4. The number of unbranched alkanes of at least 4 members (excludes halogenated alkanes) is 9. The average molecular weight is 545 g/mol. The number of carboxylic acids is 1. The summed E-state index contributed by atoms with van der Waals surface area (Å²) in [5.74, 6) is 3.23. The minimum absolute atomic E-state index is 0.182. The van der Waals surface area contributed by atoms with E-state index in [1.54, 1.807) is 42.5 Å². The van der Waals surface area contributed by atoms with Crippen LogP contribution in [0.5, 0.6) is 11.5 Å². The number of rotatable bonds is 15. The van der Waals surface area contributed by atoms with E-state index in [4.69, 9.17) is 14.6 Å². The normalized spacial score (nSPS) is 10.4. The zero-order valence-electron chi connectivity index (χ0n) is 23.1. The molecule has 0 bridgehead atoms. The van der Waals surface area contributed by atoms with Crippen LogP contribution in [0.1, 0.15) is 87.1 Å². The van der Waals surface area contributed by atoms with Gasteiger partial charge in [0, 0.05) is 11.5 Å². The Labute approximate surface area is 236 Å². The summed E-state index contributed by atoms with van der Waals surface area (Å²) in [4.78, 5) is 23.1. The van der Waals surface area contributed by atoms with Crippen LogP contribution in [0.4, 0.5) is 4.39 Å². The third-order valence-corrected chi connectivity index (χ3v) is 6.53. The number of benzene rings is 3. The van der Waals surface area contributed by atoms with Crippen molar-refractivity contribution in [1.82, 2.24) is 0 Å². The van der Waals surface area contributed by atoms with E-state index < -0.39 is 17.8 Å². The number of esters is 1. The van der Waals surface area contributed by atoms with Crippen LogP contribution in [0.2, 0.25) is 0 Å². The first-order chi connectivity index (χ1) is 19.5. The Morgan fingerprint density at radius 2 is 1.35 bits per heavy atom. The second-order valence-corrected chi connectivity index (χ2v) is 9.72. The first-order valence-electron chi connectivity index (χ1n) is 14.1. The summed E-state index contributed by atoms with van der Waals surface area (Å²) in [6, 6.07) is 17.6. The Hall–Kier alpha value is -4.11. The monoisotopic (exact) mass is 544 g/mol. The summed E-state index contributed by atoms with van der Waals surface area (Å²) in [6.07, 6.45) is 12.3. The van der Waals surface area contributed by atoms with Gasteiger partial charge in [0.2, 0.25) is 0 Å². The van der Waals surface area contributed by atoms with Crippen LogP contribution in [0.25, 0.3) is 11.1 Å². The van der Waals surface area contributed by atoms with Crippen LogP contribution in [-0.4, -0.2) is 23.7 Å². The molecule has 0 atom stereocenters. The van der Waals surface area contributed by atoms with E-state index in [0.29, 0.717) is 17.9 Å². The predicted molar refractivity (Wildman–Crippen MR) is 155 cm³/mol. The van der Waals surface area contributed by atoms with Crippen LogP contribution in [0.15, 0.2) is 66.7 Å². The molecule has 3 rings (SSSR count). The number of carboxylic acid groups (broad SMARTS) is 1. The van der Waals surface area contributed by atoms with E-state index in [1.165, 1.54) is 75.6 Å². The Balaban J connectivity index is 1.39. The lowest BCUT2D eigenvalue weighted by molar-refractivity contribution is -0.128. The van der Waals surface area contributed by atoms with Gasteiger partial charge in [-0.3, -0.25) is 0 Å². The molecule has 3 aromatic carbocycles. The average Bonchev–Trinajstić information content (AvgIpc) is 2.96. The molecule has 0 saturated heterocycles. The Morgan fingerprint density at radius 3 is 1.93 bits per heavy atom. The summed E-state index contributed by atoms with van der Waals surface area (Å²) in [6.45, 7) is 2.70. The standard InChI is InChI=1S/C34H37FO5/c1-2-3-4-5-6-7-8-9-10-11-24-39-32-22-12-26(25-31(32)35)13-23-33(36)40-30-20-18-28(19-21-30)27-14-16-29(17-15-27)34(37)38/h12,14-22,25H,2-11,24H2,1H3,(H,37,38). The molecule has 0 amide bonds. The molecule has 1 N–H and O–H groups in total. The highest BCUT2D eigenvalue weighted by Gasteiger charge is 2.07. The van der Waals surface area contributed by atoms with E-state index in [-0.39, 0.29) is 11.3 Å². The molecular weight excluding hydrogens is 507 g/mol. The predicted octanol–water partition coefficient (Wildman–Crippen LogP) is 8.45. The number of aromatic carboxylic acids is 1. The molecular formula is C34H37FO5. The van der Waals surface area contributed by atoms with E-state index in [2.05, 4.69) is 18.8 Å². The van der Waals surface area contributed by atoms with Gasteiger partial charge in [0.25, 0.3) is 0 Å². The number of hydrogen-bond acceptors (Lipinski definition) is 4. The molecule has 0 spiro atoms. The van der Waals surface area contributed by atoms with E-state index >= 15 is 0 Å². The van der Waals surface area contributed by atoms with Gasteiger partial charge >= 0.3 is 11.9 Å². The number of halogens is 1. The first kappa shape index (κ1) is 30.4. The molecule has 0 aromatic heterocycles. The maximum absolute atomic E-state index is 14.4. The smallest absolute Gasteiger partial charge is 0.390 e. The van der Waals surface area contributed by atoms with E-state index in [9.17, 15) is 14.0 Å². The molecule has 0 aliphatic rings. The Bertz CT molecular complexity index is 1290. The third kappa shape index (κ3) is 10.6. The minimum atomic E-state index is -0.985. The van der Waals surface area contributed by atoms with Crippen molar-refractivity contribution in [2.24, 2.45) is 0 Å². The van der Waals surface area contributed by atoms with Crippen LogP contribution in [-0.2, 0) is 4.79 Å². The summed E-state index contributed by atoms with van der Waals surface area (Å²) >= 11 is 0. The highest BCUT2D eigenvalue weighted by molar-refractivity contribution is 5.91. The van der Waals surface area contributed by atoms with E-state index in [0.717, 1.165) is 24.0 Å². The topological polar surface area (TPSA) is 72.8 Å². The summed E-state index contributed by atoms with van der Waals surface area (Å²) in [5, 5.41) is 9.01. The highest BCUT2D eigenvalue weighted by Crippen LogP contribution is 2.23. The number of hydrogen-bond donors (Lipinski definition) is 1. The van der Waals surface area contributed by atoms with Crippen molar-refractivity contribution in [3.05, 3.63) is 83.7 Å². The number of ether oxygens (including phenoxy) is 2. The van der Waals surface area contributed by atoms with Crippen molar-refractivity contribution < 1.29 is 28.6 Å². The molecule has 3 aromatic rings. The van der Waals surface area contributed by atoms with Gasteiger partial charge in [-0.2, -0.15) is 0 Å². The van der Waals surface area contributed by atoms with Crippen molar-refractivity contribution in [3.8, 4) is 34.5 Å². The largest absolute Gasteiger partial charge is 0.491 e. The second-order valence-electron chi connectivity index (χ2n) is 9.72. The van der Waals surface area contributed by atoms with Gasteiger partial charge in [-0.15, -0.1) is 0 Å². The molecule has 0 aliphatic heterocycles. The zero-order chi connectivity index (χ0) is 28.6. The van der Waals surface area contributed by atoms with Gasteiger partial charge in [0.1, 0.15) is 5.75 Å². The van der Waals surface area contributed by atoms with Crippen LogP contribution < -0.4 is 9.47 Å². The fourth-order valence-corrected chi connectivity index (χ4v) is 4.24. The summed E-state index contributed by atoms with van der Waals surface area (Å²) in [5.41, 5.74) is 2.23. The van der Waals surface area contributed by atoms with Crippen LogP contribution in [0, 0.1) is 17.7 Å². The molecule has 0 aliphatic carbocycles. The molecule has 0 heterocycles. The number of carbonyl (C=O) groups excluding carboxylic acids is 1. The molecule has 0 unspecified atom stereocenters. The molecule has 0 radical (unpaired) electrons. The number of carbonyl (C=O) groups is 2. The third-order valence-electron chi connectivity index (χ3n) is 6.53. The van der Waals surface area contributed by atoms with Gasteiger partial charge in [-0.05, 0) is 60.0 Å². The quantitative estimate of drug-likeness (QED) is 0.0899. The van der Waals surface area contributed by atoms with Crippen molar-refractivity contribution in [2.45, 2.75) is 71.1 Å². The van der Waals surface area contributed by atoms with Gasteiger partial charge < -0.3 is 14.6 Å². The Kier molecular flexibility index (Phi) is 12.8. The van der Waals surface area contributed by atoms with Gasteiger partial charge in [0.05, 0.1) is 12.2 Å². The Morgan fingerprint density at radius 1 is 0.775 bits per heavy atom. The van der Waals surface area contributed by atoms with Gasteiger partial charge in [-0.1, -0.05) is 94.9 Å². The van der Waals surface area contributed by atoms with E-state index in [1.807, 2.05) is 0 Å². The second kappa shape index (κ2) is 16.8. The maximum Gasteiger partial charge on any atom is 0.390 e. The molecule has 5 nitrogen and oxygen atoms in total. The first-order valence-corrected chi connectivity index (χ1v) is 14.1. The lowest BCUT2D eigenvalue weighted by atomic mass is 10.0. The zero-order valence-corrected chi connectivity index (χ0v) is 23.1. The highest BCUT2D eigenvalue weighted by atomic mass is 19.1. The van der Waals surface area contributed by atoms with Gasteiger partial charge in [0.15, 0.2) is 11.6 Å². The van der Waals surface area contributed by atoms with Crippen molar-refractivity contribution >= 4 is 11.9 Å². The van der Waals surface area contributed by atoms with Gasteiger partial charge in [-0.25, -0.2) is 14.0 Å². The lowest BCUT2D eigenvalue weighted by Gasteiger charge is -2.07. The van der Waals surface area contributed by atoms with Crippen molar-refractivity contribution in [3.63, 3.8) is 0 Å². The molecule has 210 valence electrons. The molecule has 40 heavy (non-hydrogen) atoms.